The monoisotopic (exact) mass is 386 g/mol. The molecule has 0 bridgehead atoms. The standard InChI is InChI=1S/C21H34N6O/c1-25(2)14-17(28)27-12-10-21(11-13-27)9-8-16-18(21)23-20(26(3)4)24-19(16)22-15-6-5-7-15/h15H,5-14H2,1-4H3,(H,22,23,24). The van der Waals surface area contributed by atoms with Crippen LogP contribution in [0.4, 0.5) is 11.8 Å². The first-order valence-corrected chi connectivity index (χ1v) is 10.7. The Morgan fingerprint density at radius 2 is 1.86 bits per heavy atom. The summed E-state index contributed by atoms with van der Waals surface area (Å²) in [6.45, 7) is 2.16. The van der Waals surface area contributed by atoms with E-state index in [0.29, 0.717) is 12.6 Å². The van der Waals surface area contributed by atoms with E-state index in [2.05, 4.69) is 5.32 Å². The number of likely N-dealkylation sites (tertiary alicyclic amines) is 1. The SMILES string of the molecule is CN(C)CC(=O)N1CCC2(CCc3c(NC4CCC4)nc(N(C)C)nc32)CC1. The predicted molar refractivity (Wildman–Crippen MR) is 112 cm³/mol. The Bertz CT molecular complexity index is 735. The number of nitrogens with one attached hydrogen (secondary N) is 1. The molecule has 1 aromatic heterocycles. The van der Waals surface area contributed by atoms with E-state index in [9.17, 15) is 4.79 Å². The minimum atomic E-state index is 0.105. The Kier molecular flexibility index (Phi) is 5.21. The van der Waals surface area contributed by atoms with Gasteiger partial charge in [0.05, 0.1) is 12.2 Å². The summed E-state index contributed by atoms with van der Waals surface area (Å²) in [7, 11) is 7.93. The minimum Gasteiger partial charge on any atom is -0.367 e. The van der Waals surface area contributed by atoms with Crippen molar-refractivity contribution in [3.8, 4) is 0 Å². The van der Waals surface area contributed by atoms with Crippen molar-refractivity contribution in [1.29, 1.82) is 0 Å². The molecular formula is C21H34N6O. The number of likely N-dealkylation sites (N-methyl/N-ethyl adjacent to an activating group) is 1. The second-order valence-corrected chi connectivity index (χ2v) is 9.26. The van der Waals surface area contributed by atoms with Gasteiger partial charge in [0.25, 0.3) is 0 Å². The fraction of sp³-hybridized carbons (Fsp3) is 0.762. The molecule has 2 fully saturated rings. The summed E-state index contributed by atoms with van der Waals surface area (Å²) < 4.78 is 0. The fourth-order valence-corrected chi connectivity index (χ4v) is 4.74. The molecule has 0 radical (unpaired) electrons. The van der Waals surface area contributed by atoms with Crippen LogP contribution in [0, 0.1) is 0 Å². The van der Waals surface area contributed by atoms with Gasteiger partial charge in [0, 0.05) is 44.2 Å². The maximum Gasteiger partial charge on any atom is 0.236 e. The lowest BCUT2D eigenvalue weighted by molar-refractivity contribution is -0.133. The molecule has 0 atom stereocenters. The number of hydrogen-bond donors (Lipinski definition) is 1. The van der Waals surface area contributed by atoms with Gasteiger partial charge in [-0.15, -0.1) is 0 Å². The number of piperidine rings is 1. The van der Waals surface area contributed by atoms with E-state index in [0.717, 1.165) is 50.5 Å². The Balaban J connectivity index is 1.57. The number of rotatable bonds is 5. The van der Waals surface area contributed by atoms with Gasteiger partial charge in [-0.1, -0.05) is 0 Å². The largest absolute Gasteiger partial charge is 0.367 e. The zero-order chi connectivity index (χ0) is 19.9. The van der Waals surface area contributed by atoms with Crippen molar-refractivity contribution >= 4 is 17.7 Å². The predicted octanol–water partition coefficient (Wildman–Crippen LogP) is 1.88. The van der Waals surface area contributed by atoms with Gasteiger partial charge >= 0.3 is 0 Å². The third-order valence-corrected chi connectivity index (χ3v) is 6.72. The summed E-state index contributed by atoms with van der Waals surface area (Å²) in [4.78, 5) is 28.3. The smallest absolute Gasteiger partial charge is 0.236 e. The highest BCUT2D eigenvalue weighted by atomic mass is 16.2. The highest BCUT2D eigenvalue weighted by Crippen LogP contribution is 2.47. The van der Waals surface area contributed by atoms with Crippen molar-refractivity contribution < 1.29 is 4.79 Å². The summed E-state index contributed by atoms with van der Waals surface area (Å²) >= 11 is 0. The lowest BCUT2D eigenvalue weighted by atomic mass is 9.76. The molecule has 1 saturated heterocycles. The number of amides is 1. The van der Waals surface area contributed by atoms with Crippen molar-refractivity contribution in [2.24, 2.45) is 0 Å². The Morgan fingerprint density at radius 1 is 1.14 bits per heavy atom. The van der Waals surface area contributed by atoms with Gasteiger partial charge < -0.3 is 20.0 Å². The van der Waals surface area contributed by atoms with Crippen LogP contribution in [0.3, 0.4) is 0 Å². The molecular weight excluding hydrogens is 352 g/mol. The Labute approximate surface area is 168 Å². The van der Waals surface area contributed by atoms with Crippen LogP contribution in [0.2, 0.25) is 0 Å². The fourth-order valence-electron chi connectivity index (χ4n) is 4.74. The van der Waals surface area contributed by atoms with Crippen LogP contribution in [0.5, 0.6) is 0 Å². The van der Waals surface area contributed by atoms with E-state index in [1.807, 2.05) is 42.9 Å². The molecule has 28 heavy (non-hydrogen) atoms. The van der Waals surface area contributed by atoms with E-state index in [-0.39, 0.29) is 11.3 Å². The normalized spacial score (nSPS) is 21.0. The molecule has 7 nitrogen and oxygen atoms in total. The van der Waals surface area contributed by atoms with Gasteiger partial charge in [-0.05, 0) is 59.0 Å². The summed E-state index contributed by atoms with van der Waals surface area (Å²) in [6.07, 6.45) is 7.98. The van der Waals surface area contributed by atoms with Gasteiger partial charge in [-0.25, -0.2) is 4.98 Å². The molecule has 154 valence electrons. The summed E-state index contributed by atoms with van der Waals surface area (Å²) in [6, 6.07) is 0.566. The number of hydrogen-bond acceptors (Lipinski definition) is 6. The van der Waals surface area contributed by atoms with Crippen molar-refractivity contribution in [2.75, 3.05) is 58.0 Å². The van der Waals surface area contributed by atoms with Crippen LogP contribution in [0.1, 0.15) is 49.8 Å². The van der Waals surface area contributed by atoms with Crippen molar-refractivity contribution in [3.63, 3.8) is 0 Å². The number of carbonyl (C=O) groups excluding carboxylic acids is 1. The van der Waals surface area contributed by atoms with Crippen molar-refractivity contribution in [3.05, 3.63) is 11.3 Å². The Hall–Kier alpha value is -1.89. The molecule has 1 spiro atoms. The molecule has 0 aromatic carbocycles. The highest BCUT2D eigenvalue weighted by Gasteiger charge is 2.45. The van der Waals surface area contributed by atoms with E-state index in [1.54, 1.807) is 0 Å². The maximum absolute atomic E-state index is 12.5. The second kappa shape index (κ2) is 7.50. The van der Waals surface area contributed by atoms with E-state index >= 15 is 0 Å². The lowest BCUT2D eigenvalue weighted by Gasteiger charge is -2.40. The van der Waals surface area contributed by atoms with E-state index in [1.165, 1.54) is 30.5 Å². The summed E-state index contributed by atoms with van der Waals surface area (Å²) in [5.74, 6) is 2.09. The first-order chi connectivity index (χ1) is 13.4. The summed E-state index contributed by atoms with van der Waals surface area (Å²) in [5.41, 5.74) is 2.67. The Morgan fingerprint density at radius 3 is 2.43 bits per heavy atom. The van der Waals surface area contributed by atoms with Crippen LogP contribution in [-0.2, 0) is 16.6 Å². The number of anilines is 2. The third kappa shape index (κ3) is 3.56. The third-order valence-electron chi connectivity index (χ3n) is 6.72. The number of aromatic nitrogens is 2. The molecule has 2 heterocycles. The van der Waals surface area contributed by atoms with Gasteiger partial charge in [-0.3, -0.25) is 4.79 Å². The zero-order valence-electron chi connectivity index (χ0n) is 17.8. The molecule has 3 aliphatic rings. The highest BCUT2D eigenvalue weighted by molar-refractivity contribution is 5.78. The lowest BCUT2D eigenvalue weighted by Crippen LogP contribution is -2.47. The molecule has 1 saturated carbocycles. The molecule has 1 aromatic rings. The van der Waals surface area contributed by atoms with Crippen molar-refractivity contribution in [2.45, 2.75) is 56.4 Å². The van der Waals surface area contributed by atoms with Gasteiger partial charge in [0.2, 0.25) is 11.9 Å². The number of fused-ring (bicyclic) bond motifs is 2. The zero-order valence-corrected chi connectivity index (χ0v) is 17.8. The first kappa shape index (κ1) is 19.4. The van der Waals surface area contributed by atoms with Gasteiger partial charge in [0.15, 0.2) is 0 Å². The first-order valence-electron chi connectivity index (χ1n) is 10.7. The average Bonchev–Trinajstić information content (AvgIpc) is 2.96. The second-order valence-electron chi connectivity index (χ2n) is 9.26. The average molecular weight is 387 g/mol. The van der Waals surface area contributed by atoms with Gasteiger partial charge in [-0.2, -0.15) is 4.98 Å². The van der Waals surface area contributed by atoms with Crippen molar-refractivity contribution in [1.82, 2.24) is 19.8 Å². The topological polar surface area (TPSA) is 64.6 Å². The number of carbonyl (C=O) groups is 1. The molecule has 0 unspecified atom stereocenters. The molecule has 2 aliphatic carbocycles. The number of nitrogens with zero attached hydrogens (tertiary/aromatic N) is 5. The maximum atomic E-state index is 12.5. The molecule has 1 N–H and O–H groups in total. The van der Waals surface area contributed by atoms with Crippen LogP contribution in [0.15, 0.2) is 0 Å². The van der Waals surface area contributed by atoms with E-state index < -0.39 is 0 Å². The van der Waals surface area contributed by atoms with Crippen LogP contribution in [0.25, 0.3) is 0 Å². The van der Waals surface area contributed by atoms with E-state index in [4.69, 9.17) is 9.97 Å². The van der Waals surface area contributed by atoms with Gasteiger partial charge in [0.1, 0.15) is 5.82 Å². The van der Waals surface area contributed by atoms with Crippen LogP contribution < -0.4 is 10.2 Å². The quantitative estimate of drug-likeness (QED) is 0.834. The summed E-state index contributed by atoms with van der Waals surface area (Å²) in [5, 5.41) is 3.70. The molecule has 7 heteroatoms. The minimum absolute atomic E-state index is 0.105. The molecule has 1 aliphatic heterocycles. The van der Waals surface area contributed by atoms with Crippen LogP contribution in [-0.4, -0.2) is 79.5 Å². The molecule has 1 amide bonds. The molecule has 4 rings (SSSR count). The van der Waals surface area contributed by atoms with Crippen LogP contribution >= 0.6 is 0 Å².